The average Bonchev–Trinajstić information content (AvgIpc) is 2.38. The SMILES string of the molecule is Cc1cccc(C)c1C(=O)N1CCCCC1C(=O)O. The number of aryl methyl sites for hydroxylation is 2. The van der Waals surface area contributed by atoms with E-state index in [1.165, 1.54) is 4.90 Å². The highest BCUT2D eigenvalue weighted by atomic mass is 16.4. The summed E-state index contributed by atoms with van der Waals surface area (Å²) in [5.41, 5.74) is 2.45. The average molecular weight is 261 g/mol. The molecule has 1 N–H and O–H groups in total. The second-order valence-corrected chi connectivity index (χ2v) is 5.12. The van der Waals surface area contributed by atoms with Gasteiger partial charge < -0.3 is 10.0 Å². The highest BCUT2D eigenvalue weighted by molar-refractivity contribution is 5.99. The molecule has 1 aromatic rings. The third kappa shape index (κ3) is 2.62. The van der Waals surface area contributed by atoms with Gasteiger partial charge in [-0.3, -0.25) is 4.79 Å². The second-order valence-electron chi connectivity index (χ2n) is 5.12. The molecule has 0 saturated carbocycles. The number of carbonyl (C=O) groups excluding carboxylic acids is 1. The number of carboxylic acids is 1. The van der Waals surface area contributed by atoms with Crippen LogP contribution in [0, 0.1) is 13.8 Å². The lowest BCUT2D eigenvalue weighted by molar-refractivity contribution is -0.143. The third-order valence-electron chi connectivity index (χ3n) is 3.74. The molecule has 102 valence electrons. The molecule has 1 aromatic carbocycles. The summed E-state index contributed by atoms with van der Waals surface area (Å²) >= 11 is 0. The lowest BCUT2D eigenvalue weighted by atomic mass is 9.97. The molecule has 0 radical (unpaired) electrons. The molecule has 1 aliphatic rings. The van der Waals surface area contributed by atoms with Crippen LogP contribution in [0.2, 0.25) is 0 Å². The van der Waals surface area contributed by atoms with E-state index in [1.54, 1.807) is 0 Å². The monoisotopic (exact) mass is 261 g/mol. The van der Waals surface area contributed by atoms with E-state index in [9.17, 15) is 14.7 Å². The fraction of sp³-hybridized carbons (Fsp3) is 0.467. The van der Waals surface area contributed by atoms with Gasteiger partial charge in [-0.15, -0.1) is 0 Å². The van der Waals surface area contributed by atoms with Crippen LogP contribution >= 0.6 is 0 Å². The van der Waals surface area contributed by atoms with Gasteiger partial charge in [-0.1, -0.05) is 18.2 Å². The predicted molar refractivity (Wildman–Crippen MR) is 72.2 cm³/mol. The maximum Gasteiger partial charge on any atom is 0.326 e. The largest absolute Gasteiger partial charge is 0.480 e. The smallest absolute Gasteiger partial charge is 0.326 e. The first-order valence-corrected chi connectivity index (χ1v) is 6.62. The Morgan fingerprint density at radius 2 is 1.84 bits per heavy atom. The van der Waals surface area contributed by atoms with Crippen LogP contribution in [0.3, 0.4) is 0 Å². The number of benzene rings is 1. The Hall–Kier alpha value is -1.84. The summed E-state index contributed by atoms with van der Waals surface area (Å²) in [6.45, 7) is 4.31. The molecule has 1 atom stereocenters. The molecule has 0 bridgehead atoms. The summed E-state index contributed by atoms with van der Waals surface area (Å²) in [4.78, 5) is 25.4. The minimum Gasteiger partial charge on any atom is -0.480 e. The van der Waals surface area contributed by atoms with Crippen LogP contribution in [-0.4, -0.2) is 34.5 Å². The molecule has 1 aliphatic heterocycles. The zero-order valence-electron chi connectivity index (χ0n) is 11.3. The number of rotatable bonds is 2. The Morgan fingerprint density at radius 1 is 1.21 bits per heavy atom. The van der Waals surface area contributed by atoms with Gasteiger partial charge in [-0.25, -0.2) is 4.79 Å². The van der Waals surface area contributed by atoms with E-state index in [0.717, 1.165) is 24.0 Å². The van der Waals surface area contributed by atoms with Gasteiger partial charge in [0.15, 0.2) is 0 Å². The molecule has 1 heterocycles. The highest BCUT2D eigenvalue weighted by Crippen LogP contribution is 2.23. The van der Waals surface area contributed by atoms with E-state index in [0.29, 0.717) is 18.5 Å². The molecular formula is C15H19NO3. The molecule has 0 spiro atoms. The first-order valence-electron chi connectivity index (χ1n) is 6.62. The zero-order valence-corrected chi connectivity index (χ0v) is 11.3. The van der Waals surface area contributed by atoms with E-state index >= 15 is 0 Å². The first-order chi connectivity index (χ1) is 9.02. The van der Waals surface area contributed by atoms with Crippen LogP contribution in [0.25, 0.3) is 0 Å². The van der Waals surface area contributed by atoms with Crippen LogP contribution in [0.1, 0.15) is 40.7 Å². The van der Waals surface area contributed by atoms with Crippen LogP contribution in [-0.2, 0) is 4.79 Å². The number of nitrogens with zero attached hydrogens (tertiary/aromatic N) is 1. The number of hydrogen-bond donors (Lipinski definition) is 1. The second kappa shape index (κ2) is 5.43. The van der Waals surface area contributed by atoms with Crippen LogP contribution in [0.5, 0.6) is 0 Å². The maximum atomic E-state index is 12.6. The van der Waals surface area contributed by atoms with Gasteiger partial charge in [-0.2, -0.15) is 0 Å². The quantitative estimate of drug-likeness (QED) is 0.889. The van der Waals surface area contributed by atoms with Crippen molar-refractivity contribution < 1.29 is 14.7 Å². The molecule has 1 saturated heterocycles. The molecular weight excluding hydrogens is 242 g/mol. The van der Waals surface area contributed by atoms with Crippen LogP contribution in [0.15, 0.2) is 18.2 Å². The van der Waals surface area contributed by atoms with Crippen LogP contribution in [0.4, 0.5) is 0 Å². The topological polar surface area (TPSA) is 57.6 Å². The molecule has 0 aliphatic carbocycles. The summed E-state index contributed by atoms with van der Waals surface area (Å²) in [5, 5.41) is 9.25. The molecule has 0 aromatic heterocycles. The van der Waals surface area contributed by atoms with Crippen molar-refractivity contribution >= 4 is 11.9 Å². The fourth-order valence-corrected chi connectivity index (χ4v) is 2.73. The Morgan fingerprint density at radius 3 is 2.42 bits per heavy atom. The van der Waals surface area contributed by atoms with E-state index < -0.39 is 12.0 Å². The summed E-state index contributed by atoms with van der Waals surface area (Å²) in [6.07, 6.45) is 2.29. The fourth-order valence-electron chi connectivity index (χ4n) is 2.73. The number of piperidine rings is 1. The van der Waals surface area contributed by atoms with Gasteiger partial charge >= 0.3 is 5.97 Å². The Kier molecular flexibility index (Phi) is 3.88. The summed E-state index contributed by atoms with van der Waals surface area (Å²) in [5.74, 6) is -1.05. The lowest BCUT2D eigenvalue weighted by Crippen LogP contribution is -2.48. The van der Waals surface area contributed by atoms with Gasteiger partial charge in [0.25, 0.3) is 5.91 Å². The number of carbonyl (C=O) groups is 2. The minimum atomic E-state index is -0.903. The third-order valence-corrected chi connectivity index (χ3v) is 3.74. The first kappa shape index (κ1) is 13.6. The van der Waals surface area contributed by atoms with E-state index in [2.05, 4.69) is 0 Å². The molecule has 1 fully saturated rings. The number of likely N-dealkylation sites (tertiary alicyclic amines) is 1. The summed E-state index contributed by atoms with van der Waals surface area (Å²) in [6, 6.07) is 5.01. The van der Waals surface area contributed by atoms with Crippen molar-refractivity contribution in [1.82, 2.24) is 4.90 Å². The van der Waals surface area contributed by atoms with Crippen molar-refractivity contribution in [1.29, 1.82) is 0 Å². The highest BCUT2D eigenvalue weighted by Gasteiger charge is 2.33. The van der Waals surface area contributed by atoms with Gasteiger partial charge in [0.05, 0.1) is 0 Å². The van der Waals surface area contributed by atoms with E-state index in [4.69, 9.17) is 0 Å². The van der Waals surface area contributed by atoms with Gasteiger partial charge in [0, 0.05) is 12.1 Å². The Balaban J connectivity index is 2.34. The van der Waals surface area contributed by atoms with Crippen molar-refractivity contribution in [3.05, 3.63) is 34.9 Å². The number of amides is 1. The van der Waals surface area contributed by atoms with Crippen molar-refractivity contribution in [2.75, 3.05) is 6.54 Å². The number of hydrogen-bond acceptors (Lipinski definition) is 2. The zero-order chi connectivity index (χ0) is 14.0. The van der Waals surface area contributed by atoms with E-state index in [-0.39, 0.29) is 5.91 Å². The van der Waals surface area contributed by atoms with Gasteiger partial charge in [0.2, 0.25) is 0 Å². The minimum absolute atomic E-state index is 0.150. The predicted octanol–water partition coefficient (Wildman–Crippen LogP) is 2.38. The molecule has 4 heteroatoms. The standard InChI is InChI=1S/C15H19NO3/c1-10-6-5-7-11(2)13(10)14(17)16-9-4-3-8-12(16)15(18)19/h5-7,12H,3-4,8-9H2,1-2H3,(H,18,19). The van der Waals surface area contributed by atoms with Crippen LogP contribution < -0.4 is 0 Å². The van der Waals surface area contributed by atoms with Crippen molar-refractivity contribution in [2.24, 2.45) is 0 Å². The normalized spacial score (nSPS) is 19.3. The molecule has 2 rings (SSSR count). The lowest BCUT2D eigenvalue weighted by Gasteiger charge is -2.33. The maximum absolute atomic E-state index is 12.6. The summed E-state index contributed by atoms with van der Waals surface area (Å²) in [7, 11) is 0. The molecule has 1 unspecified atom stereocenters. The van der Waals surface area contributed by atoms with Crippen molar-refractivity contribution in [3.63, 3.8) is 0 Å². The van der Waals surface area contributed by atoms with Crippen molar-refractivity contribution in [2.45, 2.75) is 39.2 Å². The molecule has 1 amide bonds. The molecule has 4 nitrogen and oxygen atoms in total. The van der Waals surface area contributed by atoms with E-state index in [1.807, 2.05) is 32.0 Å². The van der Waals surface area contributed by atoms with Gasteiger partial charge in [-0.05, 0) is 44.2 Å². The summed E-state index contributed by atoms with van der Waals surface area (Å²) < 4.78 is 0. The number of carboxylic acid groups (broad SMARTS) is 1. The number of aliphatic carboxylic acids is 1. The Bertz CT molecular complexity index is 490. The molecule has 19 heavy (non-hydrogen) atoms. The Labute approximate surface area is 113 Å². The van der Waals surface area contributed by atoms with Crippen molar-refractivity contribution in [3.8, 4) is 0 Å². The van der Waals surface area contributed by atoms with Gasteiger partial charge in [0.1, 0.15) is 6.04 Å².